The summed E-state index contributed by atoms with van der Waals surface area (Å²) in [4.78, 5) is 8.51. The fourth-order valence-electron chi connectivity index (χ4n) is 4.80. The first kappa shape index (κ1) is 23.3. The molecule has 3 heterocycles. The van der Waals surface area contributed by atoms with E-state index in [4.69, 9.17) is 4.74 Å². The molecule has 1 aromatic carbocycles. The first-order chi connectivity index (χ1) is 16.4. The summed E-state index contributed by atoms with van der Waals surface area (Å²) in [5, 5.41) is 9.55. The predicted molar refractivity (Wildman–Crippen MR) is 131 cm³/mol. The molecule has 1 aliphatic heterocycles. The molecular formula is C27H32N2O4S. The lowest BCUT2D eigenvalue weighted by molar-refractivity contribution is 0.0626. The number of aromatic nitrogens is 2. The SMILES string of the molecule is CC(O)c1ccc(-c2ccc(C(CC3CCOCC3)c3ccc(S(=O)(=O)C4CC4)cc3)[nH]2)nc1. The van der Waals surface area contributed by atoms with Crippen molar-refractivity contribution in [3.05, 3.63) is 71.5 Å². The quantitative estimate of drug-likeness (QED) is 0.473. The van der Waals surface area contributed by atoms with Gasteiger partial charge in [-0.3, -0.25) is 4.98 Å². The number of pyridine rings is 1. The third kappa shape index (κ3) is 4.97. The van der Waals surface area contributed by atoms with Crippen LogP contribution in [0.4, 0.5) is 0 Å². The van der Waals surface area contributed by atoms with Gasteiger partial charge in [0.05, 0.1) is 27.6 Å². The lowest BCUT2D eigenvalue weighted by atomic mass is 9.83. The second-order valence-corrected chi connectivity index (χ2v) is 11.9. The molecule has 1 saturated carbocycles. The summed E-state index contributed by atoms with van der Waals surface area (Å²) in [7, 11) is -3.19. The number of aromatic amines is 1. The standard InChI is InChI=1S/C27H32N2O4S/c1-18(30)21-4-9-26(28-17-21)27-11-10-25(29-27)24(16-19-12-14-33-15-13-19)20-2-5-22(6-3-20)34(31,32)23-7-8-23/h2-6,9-11,17-19,23-24,29-30H,7-8,12-16H2,1H3. The number of hydrogen-bond acceptors (Lipinski definition) is 5. The Kier molecular flexibility index (Phi) is 6.60. The first-order valence-electron chi connectivity index (χ1n) is 12.2. The second kappa shape index (κ2) is 9.64. The third-order valence-corrected chi connectivity index (χ3v) is 9.39. The Bertz CT molecular complexity index is 1210. The van der Waals surface area contributed by atoms with Gasteiger partial charge in [-0.05, 0) is 86.4 Å². The highest BCUT2D eigenvalue weighted by Crippen LogP contribution is 2.37. The van der Waals surface area contributed by atoms with Crippen molar-refractivity contribution in [2.24, 2.45) is 5.92 Å². The summed E-state index contributed by atoms with van der Waals surface area (Å²) in [5.41, 5.74) is 4.75. The van der Waals surface area contributed by atoms with Crippen molar-refractivity contribution in [1.82, 2.24) is 9.97 Å². The Morgan fingerprint density at radius 1 is 1.00 bits per heavy atom. The van der Waals surface area contributed by atoms with Gasteiger partial charge in [0, 0.05) is 31.0 Å². The Morgan fingerprint density at radius 2 is 1.71 bits per heavy atom. The molecule has 0 bridgehead atoms. The van der Waals surface area contributed by atoms with E-state index < -0.39 is 15.9 Å². The van der Waals surface area contributed by atoms with Gasteiger partial charge in [0.2, 0.25) is 0 Å². The Hall–Kier alpha value is -2.48. The van der Waals surface area contributed by atoms with E-state index in [-0.39, 0.29) is 11.2 Å². The number of sulfone groups is 1. The van der Waals surface area contributed by atoms with Crippen LogP contribution in [0.2, 0.25) is 0 Å². The van der Waals surface area contributed by atoms with Crippen LogP contribution in [0.1, 0.15) is 67.9 Å². The topological polar surface area (TPSA) is 92.3 Å². The van der Waals surface area contributed by atoms with Crippen molar-refractivity contribution in [3.8, 4) is 11.4 Å². The summed E-state index contributed by atoms with van der Waals surface area (Å²) < 4.78 is 30.9. The summed E-state index contributed by atoms with van der Waals surface area (Å²) in [6.45, 7) is 3.32. The smallest absolute Gasteiger partial charge is 0.181 e. The van der Waals surface area contributed by atoms with Gasteiger partial charge in [0.1, 0.15) is 0 Å². The first-order valence-corrected chi connectivity index (χ1v) is 13.7. The van der Waals surface area contributed by atoms with E-state index in [1.54, 1.807) is 25.3 Å². The number of aliphatic hydroxyl groups is 1. The van der Waals surface area contributed by atoms with Crippen LogP contribution in [0.5, 0.6) is 0 Å². The van der Waals surface area contributed by atoms with E-state index >= 15 is 0 Å². The summed E-state index contributed by atoms with van der Waals surface area (Å²) in [6, 6.07) is 15.5. The van der Waals surface area contributed by atoms with E-state index in [9.17, 15) is 13.5 Å². The fourth-order valence-corrected chi connectivity index (χ4v) is 6.45. The molecule has 3 aromatic rings. The van der Waals surface area contributed by atoms with Crippen molar-refractivity contribution in [2.45, 2.75) is 61.2 Å². The maximum absolute atomic E-state index is 12.6. The van der Waals surface area contributed by atoms with Crippen LogP contribution in [-0.2, 0) is 14.6 Å². The monoisotopic (exact) mass is 480 g/mol. The van der Waals surface area contributed by atoms with Crippen molar-refractivity contribution in [1.29, 1.82) is 0 Å². The number of nitrogens with zero attached hydrogens (tertiary/aromatic N) is 1. The van der Waals surface area contributed by atoms with Crippen molar-refractivity contribution < 1.29 is 18.3 Å². The number of rotatable bonds is 8. The van der Waals surface area contributed by atoms with Gasteiger partial charge in [0.15, 0.2) is 9.84 Å². The van der Waals surface area contributed by atoms with Gasteiger partial charge in [-0.15, -0.1) is 0 Å². The van der Waals surface area contributed by atoms with Crippen LogP contribution >= 0.6 is 0 Å². The Morgan fingerprint density at radius 3 is 2.32 bits per heavy atom. The van der Waals surface area contributed by atoms with E-state index in [0.717, 1.165) is 73.5 Å². The van der Waals surface area contributed by atoms with Crippen LogP contribution in [0.3, 0.4) is 0 Å². The molecule has 2 fully saturated rings. The molecule has 6 nitrogen and oxygen atoms in total. The summed E-state index contributed by atoms with van der Waals surface area (Å²) in [6.07, 6.45) is 5.77. The number of ether oxygens (including phenoxy) is 1. The number of benzene rings is 1. The van der Waals surface area contributed by atoms with Crippen LogP contribution < -0.4 is 0 Å². The zero-order chi connectivity index (χ0) is 23.7. The molecule has 34 heavy (non-hydrogen) atoms. The molecule has 7 heteroatoms. The highest BCUT2D eigenvalue weighted by Gasteiger charge is 2.37. The molecular weight excluding hydrogens is 448 g/mol. The fraction of sp³-hybridized carbons (Fsp3) is 0.444. The Labute approximate surface area is 201 Å². The average Bonchev–Trinajstić information content (AvgIpc) is 3.62. The van der Waals surface area contributed by atoms with Gasteiger partial charge in [-0.2, -0.15) is 0 Å². The second-order valence-electron chi connectivity index (χ2n) is 9.64. The van der Waals surface area contributed by atoms with Crippen molar-refractivity contribution in [3.63, 3.8) is 0 Å². The number of H-pyrrole nitrogens is 1. The lowest BCUT2D eigenvalue weighted by Gasteiger charge is -2.27. The van der Waals surface area contributed by atoms with Crippen LogP contribution in [0.15, 0.2) is 59.6 Å². The molecule has 2 aromatic heterocycles. The van der Waals surface area contributed by atoms with E-state index in [0.29, 0.717) is 10.8 Å². The van der Waals surface area contributed by atoms with Crippen LogP contribution in [-0.4, -0.2) is 42.0 Å². The highest BCUT2D eigenvalue weighted by molar-refractivity contribution is 7.92. The molecule has 1 saturated heterocycles. The summed E-state index contributed by atoms with van der Waals surface area (Å²) in [5.74, 6) is 0.690. The molecule has 0 spiro atoms. The average molecular weight is 481 g/mol. The molecule has 2 unspecified atom stereocenters. The van der Waals surface area contributed by atoms with E-state index in [1.165, 1.54) is 0 Å². The zero-order valence-electron chi connectivity index (χ0n) is 19.5. The zero-order valence-corrected chi connectivity index (χ0v) is 20.3. The maximum Gasteiger partial charge on any atom is 0.181 e. The van der Waals surface area contributed by atoms with Gasteiger partial charge < -0.3 is 14.8 Å². The minimum absolute atomic E-state index is 0.131. The highest BCUT2D eigenvalue weighted by atomic mass is 32.2. The van der Waals surface area contributed by atoms with E-state index in [2.05, 4.69) is 16.0 Å². The van der Waals surface area contributed by atoms with Crippen molar-refractivity contribution >= 4 is 9.84 Å². The molecule has 5 rings (SSSR count). The van der Waals surface area contributed by atoms with Crippen molar-refractivity contribution in [2.75, 3.05) is 13.2 Å². The molecule has 2 aliphatic rings. The minimum atomic E-state index is -3.19. The Balaban J connectivity index is 1.43. The maximum atomic E-state index is 12.6. The van der Waals surface area contributed by atoms with Crippen LogP contribution in [0, 0.1) is 5.92 Å². The van der Waals surface area contributed by atoms with Gasteiger partial charge in [-0.25, -0.2) is 8.42 Å². The molecule has 2 atom stereocenters. The predicted octanol–water partition coefficient (Wildman–Crippen LogP) is 5.01. The van der Waals surface area contributed by atoms with Gasteiger partial charge >= 0.3 is 0 Å². The normalized spacial score (nSPS) is 19.1. The number of hydrogen-bond donors (Lipinski definition) is 2. The molecule has 1 aliphatic carbocycles. The summed E-state index contributed by atoms with van der Waals surface area (Å²) >= 11 is 0. The molecule has 0 radical (unpaired) electrons. The lowest BCUT2D eigenvalue weighted by Crippen LogP contribution is -2.19. The van der Waals surface area contributed by atoms with Crippen LogP contribution in [0.25, 0.3) is 11.4 Å². The number of aliphatic hydroxyl groups excluding tert-OH is 1. The largest absolute Gasteiger partial charge is 0.389 e. The molecule has 0 amide bonds. The minimum Gasteiger partial charge on any atom is -0.389 e. The van der Waals surface area contributed by atoms with Gasteiger partial charge in [-0.1, -0.05) is 18.2 Å². The number of nitrogens with one attached hydrogen (secondary N) is 1. The third-order valence-electron chi connectivity index (χ3n) is 7.11. The van der Waals surface area contributed by atoms with Gasteiger partial charge in [0.25, 0.3) is 0 Å². The van der Waals surface area contributed by atoms with E-state index in [1.807, 2.05) is 30.3 Å². The molecule has 2 N–H and O–H groups in total. The molecule has 180 valence electrons.